The zero-order valence-electron chi connectivity index (χ0n) is 17.6. The molecule has 0 aliphatic carbocycles. The zero-order valence-corrected chi connectivity index (χ0v) is 18.4. The standard InChI is InChI=1S/C21H29N7O2S/c29-21-23-10-5-3-1-2-4-6-17-9-11-22-20(16-17)31(30)28-14-12-27(13-15-28)19-8-7-18(24-21)25-26-19/h7-9,11,16H,1-6,10,12-15H2,(H2,23,24,25,29). The van der Waals surface area contributed by atoms with Crippen molar-refractivity contribution in [1.82, 2.24) is 24.8 Å². The highest BCUT2D eigenvalue weighted by molar-refractivity contribution is 7.82. The molecule has 4 aliphatic rings. The van der Waals surface area contributed by atoms with E-state index in [-0.39, 0.29) is 6.03 Å². The molecule has 2 aromatic heterocycles. The number of urea groups is 1. The third-order valence-corrected chi connectivity index (χ3v) is 7.01. The van der Waals surface area contributed by atoms with E-state index in [1.807, 2.05) is 22.5 Å². The monoisotopic (exact) mass is 443 g/mol. The van der Waals surface area contributed by atoms with Crippen LogP contribution in [0.15, 0.2) is 35.5 Å². The second-order valence-corrected chi connectivity index (χ2v) is 9.28. The van der Waals surface area contributed by atoms with E-state index in [0.29, 0.717) is 43.6 Å². The molecule has 2 amide bonds. The number of fused-ring (bicyclic) bond motifs is 2. The van der Waals surface area contributed by atoms with E-state index < -0.39 is 11.0 Å². The van der Waals surface area contributed by atoms with E-state index in [1.54, 1.807) is 12.3 Å². The summed E-state index contributed by atoms with van der Waals surface area (Å²) < 4.78 is 15.0. The summed E-state index contributed by atoms with van der Waals surface area (Å²) in [6, 6.07) is 7.36. The van der Waals surface area contributed by atoms with Gasteiger partial charge in [0.25, 0.3) is 0 Å². The van der Waals surface area contributed by atoms with Gasteiger partial charge in [0, 0.05) is 38.9 Å². The number of rotatable bonds is 0. The molecule has 6 bridgehead atoms. The van der Waals surface area contributed by atoms with Crippen molar-refractivity contribution in [3.8, 4) is 0 Å². The molecule has 1 saturated heterocycles. The van der Waals surface area contributed by atoms with E-state index >= 15 is 0 Å². The maximum atomic E-state index is 13.0. The number of aromatic nitrogens is 3. The van der Waals surface area contributed by atoms with Crippen LogP contribution in [-0.4, -0.2) is 62.5 Å². The van der Waals surface area contributed by atoms with Crippen molar-refractivity contribution in [2.24, 2.45) is 0 Å². The van der Waals surface area contributed by atoms with Gasteiger partial charge < -0.3 is 10.2 Å². The van der Waals surface area contributed by atoms with Crippen LogP contribution in [-0.2, 0) is 17.4 Å². The predicted molar refractivity (Wildman–Crippen MR) is 120 cm³/mol. The Balaban J connectivity index is 1.46. The summed E-state index contributed by atoms with van der Waals surface area (Å²) in [6.07, 6.45) is 8.12. The van der Waals surface area contributed by atoms with Gasteiger partial charge in [0.2, 0.25) is 0 Å². The van der Waals surface area contributed by atoms with Gasteiger partial charge in [-0.25, -0.2) is 18.3 Å². The molecule has 0 spiro atoms. The lowest BCUT2D eigenvalue weighted by molar-refractivity contribution is 0.251. The van der Waals surface area contributed by atoms with E-state index in [4.69, 9.17) is 0 Å². The highest BCUT2D eigenvalue weighted by Gasteiger charge is 2.24. The molecule has 1 unspecified atom stereocenters. The van der Waals surface area contributed by atoms with Crippen molar-refractivity contribution in [3.63, 3.8) is 0 Å². The third kappa shape index (κ3) is 5.98. The number of carbonyl (C=O) groups excluding carboxylic acids is 1. The molecule has 4 aliphatic heterocycles. The Morgan fingerprint density at radius 2 is 1.74 bits per heavy atom. The number of pyridine rings is 1. The van der Waals surface area contributed by atoms with Gasteiger partial charge >= 0.3 is 6.03 Å². The normalized spacial score (nSPS) is 23.4. The van der Waals surface area contributed by atoms with Crippen LogP contribution >= 0.6 is 0 Å². The average molecular weight is 444 g/mol. The van der Waals surface area contributed by atoms with Crippen LogP contribution in [0.2, 0.25) is 0 Å². The number of nitrogens with one attached hydrogen (secondary N) is 2. The van der Waals surface area contributed by atoms with E-state index in [2.05, 4.69) is 30.7 Å². The average Bonchev–Trinajstić information content (AvgIpc) is 2.80. The molecule has 0 aromatic carbocycles. The lowest BCUT2D eigenvalue weighted by Gasteiger charge is -2.33. The van der Waals surface area contributed by atoms with Gasteiger partial charge in [-0.05, 0) is 49.1 Å². The van der Waals surface area contributed by atoms with Crippen LogP contribution in [0.1, 0.15) is 37.7 Å². The molecule has 1 atom stereocenters. The fourth-order valence-corrected chi connectivity index (χ4v) is 4.99. The number of hydrogen-bond donors (Lipinski definition) is 2. The summed E-state index contributed by atoms with van der Waals surface area (Å²) in [4.78, 5) is 18.5. The summed E-state index contributed by atoms with van der Waals surface area (Å²) in [5.74, 6) is 1.17. The molecule has 6 heterocycles. The molecule has 31 heavy (non-hydrogen) atoms. The molecule has 0 saturated carbocycles. The highest BCUT2D eigenvalue weighted by atomic mass is 32.2. The lowest BCUT2D eigenvalue weighted by Crippen LogP contribution is -2.47. The number of nitrogens with zero attached hydrogens (tertiary/aromatic N) is 5. The molecule has 166 valence electrons. The van der Waals surface area contributed by atoms with Crippen LogP contribution in [0.4, 0.5) is 16.4 Å². The van der Waals surface area contributed by atoms with Gasteiger partial charge in [-0.2, -0.15) is 0 Å². The Kier molecular flexibility index (Phi) is 7.42. The van der Waals surface area contributed by atoms with Crippen molar-refractivity contribution in [1.29, 1.82) is 0 Å². The topological polar surface area (TPSA) is 103 Å². The number of hydrogen-bond acceptors (Lipinski definition) is 6. The van der Waals surface area contributed by atoms with Crippen molar-refractivity contribution in [3.05, 3.63) is 36.0 Å². The first-order chi connectivity index (χ1) is 15.2. The Labute approximate surface area is 185 Å². The third-order valence-electron chi connectivity index (χ3n) is 5.60. The van der Waals surface area contributed by atoms with Crippen molar-refractivity contribution in [2.75, 3.05) is 42.9 Å². The fraction of sp³-hybridized carbons (Fsp3) is 0.524. The number of aryl methyl sites for hydroxylation is 1. The summed E-state index contributed by atoms with van der Waals surface area (Å²) in [7, 11) is -1.26. The van der Waals surface area contributed by atoms with E-state index in [9.17, 15) is 9.00 Å². The minimum Gasteiger partial charge on any atom is -0.352 e. The summed E-state index contributed by atoms with van der Waals surface area (Å²) in [5.41, 5.74) is 1.19. The Bertz CT molecular complexity index is 901. The maximum Gasteiger partial charge on any atom is 0.320 e. The Morgan fingerprint density at radius 3 is 2.55 bits per heavy atom. The van der Waals surface area contributed by atoms with Crippen LogP contribution in [0, 0.1) is 0 Å². The molecule has 9 nitrogen and oxygen atoms in total. The lowest BCUT2D eigenvalue weighted by atomic mass is 10.1. The molecule has 2 N–H and O–H groups in total. The zero-order chi connectivity index (χ0) is 21.5. The van der Waals surface area contributed by atoms with Crippen LogP contribution in [0.25, 0.3) is 0 Å². The summed E-state index contributed by atoms with van der Waals surface area (Å²) in [5, 5.41) is 14.6. The number of amides is 2. The van der Waals surface area contributed by atoms with Gasteiger partial charge in [0.05, 0.1) is 0 Å². The van der Waals surface area contributed by atoms with Gasteiger partial charge in [0.15, 0.2) is 11.6 Å². The molecule has 0 radical (unpaired) electrons. The quantitative estimate of drug-likeness (QED) is 0.648. The number of piperazine rings is 1. The maximum absolute atomic E-state index is 13.0. The minimum absolute atomic E-state index is 0.256. The van der Waals surface area contributed by atoms with Crippen LogP contribution < -0.4 is 15.5 Å². The first-order valence-electron chi connectivity index (χ1n) is 10.9. The SMILES string of the molecule is O=C1NCCCCCCCc2ccnc(c2)S(=O)N2CCN(CC2)c2ccc(nn2)N1. The Morgan fingerprint density at radius 1 is 0.935 bits per heavy atom. The van der Waals surface area contributed by atoms with Gasteiger partial charge in [-0.15, -0.1) is 10.2 Å². The van der Waals surface area contributed by atoms with E-state index in [1.165, 1.54) is 5.56 Å². The smallest absolute Gasteiger partial charge is 0.320 e. The Hall–Kier alpha value is -2.59. The number of anilines is 2. The van der Waals surface area contributed by atoms with E-state index in [0.717, 1.165) is 44.3 Å². The van der Waals surface area contributed by atoms with Gasteiger partial charge in [-0.3, -0.25) is 5.32 Å². The van der Waals surface area contributed by atoms with Crippen LogP contribution in [0.5, 0.6) is 0 Å². The van der Waals surface area contributed by atoms with Crippen molar-refractivity contribution >= 4 is 28.7 Å². The van der Waals surface area contributed by atoms with Gasteiger partial charge in [0.1, 0.15) is 16.0 Å². The van der Waals surface area contributed by atoms with Gasteiger partial charge in [-0.1, -0.05) is 19.3 Å². The highest BCUT2D eigenvalue weighted by Crippen LogP contribution is 2.18. The second-order valence-electron chi connectivity index (χ2n) is 7.84. The first-order valence-corrected chi connectivity index (χ1v) is 12.0. The molecule has 10 heteroatoms. The summed E-state index contributed by atoms with van der Waals surface area (Å²) >= 11 is 0. The largest absolute Gasteiger partial charge is 0.352 e. The first kappa shape index (κ1) is 21.6. The molecular weight excluding hydrogens is 414 g/mol. The summed E-state index contributed by atoms with van der Waals surface area (Å²) in [6.45, 7) is 3.35. The van der Waals surface area contributed by atoms with Crippen LogP contribution in [0.3, 0.4) is 0 Å². The predicted octanol–water partition coefficient (Wildman–Crippen LogP) is 2.34. The minimum atomic E-state index is -1.26. The number of carbonyl (C=O) groups is 1. The molecular formula is C21H29N7O2S. The van der Waals surface area contributed by atoms with Crippen molar-refractivity contribution < 1.29 is 9.00 Å². The molecule has 1 fully saturated rings. The second kappa shape index (κ2) is 10.6. The fourth-order valence-electron chi connectivity index (χ4n) is 3.82. The van der Waals surface area contributed by atoms with Crippen molar-refractivity contribution in [2.45, 2.75) is 43.6 Å². The molecule has 6 rings (SSSR count). The molecule has 2 aromatic rings.